The van der Waals surface area contributed by atoms with Gasteiger partial charge in [-0.25, -0.2) is 19.7 Å². The summed E-state index contributed by atoms with van der Waals surface area (Å²) < 4.78 is 5.60. The van der Waals surface area contributed by atoms with Crippen LogP contribution in [0.15, 0.2) is 54.7 Å². The first-order valence-electron chi connectivity index (χ1n) is 10.7. The molecular weight excluding hydrogens is 406 g/mol. The fourth-order valence-corrected chi connectivity index (χ4v) is 3.53. The lowest BCUT2D eigenvalue weighted by molar-refractivity contribution is 0.208. The average Bonchev–Trinajstić information content (AvgIpc) is 2.81. The molecule has 9 heteroatoms. The van der Waals surface area contributed by atoms with Crippen LogP contribution in [0.4, 0.5) is 27.9 Å². The molecule has 3 heterocycles. The Hall–Kier alpha value is -3.88. The van der Waals surface area contributed by atoms with E-state index in [-0.39, 0.29) is 6.03 Å². The van der Waals surface area contributed by atoms with E-state index < -0.39 is 0 Å². The van der Waals surface area contributed by atoms with Crippen molar-refractivity contribution in [2.45, 2.75) is 13.8 Å². The average molecular weight is 434 g/mol. The standard InChI is InChI=1S/C23H27N7O2/c1-3-32-19-9-5-4-8-18(19)27-23(31)30-14-12-29(13-15-30)22-16-21(25-17(2)26-22)28-20-10-6-7-11-24-20/h4-11,16H,3,12-15H2,1-2H3,(H,27,31)(H,24,25,26,28). The third-order valence-corrected chi connectivity index (χ3v) is 5.06. The molecule has 0 atom stereocenters. The minimum absolute atomic E-state index is 0.131. The maximum atomic E-state index is 12.8. The molecule has 2 aromatic heterocycles. The van der Waals surface area contributed by atoms with E-state index in [0.717, 1.165) is 11.6 Å². The van der Waals surface area contributed by atoms with Crippen molar-refractivity contribution in [2.24, 2.45) is 0 Å². The van der Waals surface area contributed by atoms with Crippen LogP contribution in [-0.2, 0) is 0 Å². The smallest absolute Gasteiger partial charge is 0.322 e. The number of aromatic nitrogens is 3. The van der Waals surface area contributed by atoms with Gasteiger partial charge in [0.25, 0.3) is 0 Å². The molecule has 2 N–H and O–H groups in total. The van der Waals surface area contributed by atoms with Gasteiger partial charge >= 0.3 is 6.03 Å². The SMILES string of the molecule is CCOc1ccccc1NC(=O)N1CCN(c2cc(Nc3ccccn3)nc(C)n2)CC1. The number of ether oxygens (including phenoxy) is 1. The van der Waals surface area contributed by atoms with Crippen LogP contribution in [0.3, 0.4) is 0 Å². The lowest BCUT2D eigenvalue weighted by atomic mass is 10.3. The normalized spacial score (nSPS) is 13.6. The minimum Gasteiger partial charge on any atom is -0.492 e. The number of rotatable bonds is 6. The number of piperazine rings is 1. The number of aryl methyl sites for hydroxylation is 1. The zero-order valence-corrected chi connectivity index (χ0v) is 18.3. The molecule has 166 valence electrons. The van der Waals surface area contributed by atoms with Crippen LogP contribution in [0.2, 0.25) is 0 Å². The van der Waals surface area contributed by atoms with E-state index in [4.69, 9.17) is 4.74 Å². The lowest BCUT2D eigenvalue weighted by Gasteiger charge is -2.35. The number of urea groups is 1. The van der Waals surface area contributed by atoms with Gasteiger partial charge in [0.2, 0.25) is 0 Å². The molecule has 4 rings (SSSR count). The van der Waals surface area contributed by atoms with Gasteiger partial charge in [-0.2, -0.15) is 0 Å². The molecule has 0 spiro atoms. The quantitative estimate of drug-likeness (QED) is 0.612. The maximum Gasteiger partial charge on any atom is 0.322 e. The summed E-state index contributed by atoms with van der Waals surface area (Å²) in [5, 5.41) is 6.18. The number of nitrogens with one attached hydrogen (secondary N) is 2. The molecule has 0 unspecified atom stereocenters. The van der Waals surface area contributed by atoms with Crippen molar-refractivity contribution in [3.05, 3.63) is 60.6 Å². The molecule has 3 aromatic rings. The molecule has 0 saturated carbocycles. The molecule has 1 saturated heterocycles. The summed E-state index contributed by atoms with van der Waals surface area (Å²) in [6.45, 7) is 6.88. The summed E-state index contributed by atoms with van der Waals surface area (Å²) in [5.74, 6) is 3.60. The first-order valence-corrected chi connectivity index (χ1v) is 10.7. The van der Waals surface area contributed by atoms with Gasteiger partial charge < -0.3 is 25.2 Å². The van der Waals surface area contributed by atoms with Crippen molar-refractivity contribution in [1.82, 2.24) is 19.9 Å². The van der Waals surface area contributed by atoms with Crippen molar-refractivity contribution in [2.75, 3.05) is 48.3 Å². The second-order valence-electron chi connectivity index (χ2n) is 7.33. The van der Waals surface area contributed by atoms with E-state index in [1.54, 1.807) is 11.1 Å². The van der Waals surface area contributed by atoms with Crippen LogP contribution in [0.25, 0.3) is 0 Å². The Balaban J connectivity index is 1.38. The number of anilines is 4. The Kier molecular flexibility index (Phi) is 6.64. The molecule has 0 bridgehead atoms. The van der Waals surface area contributed by atoms with Gasteiger partial charge in [0.1, 0.15) is 29.0 Å². The lowest BCUT2D eigenvalue weighted by Crippen LogP contribution is -2.50. The molecule has 0 aliphatic carbocycles. The van der Waals surface area contributed by atoms with Gasteiger partial charge in [-0.1, -0.05) is 18.2 Å². The summed E-state index contributed by atoms with van der Waals surface area (Å²) in [6.07, 6.45) is 1.73. The number of amides is 2. The van der Waals surface area contributed by atoms with E-state index in [2.05, 4.69) is 30.5 Å². The Morgan fingerprint density at radius 1 is 1.03 bits per heavy atom. The first-order chi connectivity index (χ1) is 15.6. The van der Waals surface area contributed by atoms with Crippen molar-refractivity contribution in [3.63, 3.8) is 0 Å². The van der Waals surface area contributed by atoms with Crippen LogP contribution in [0, 0.1) is 6.92 Å². The third-order valence-electron chi connectivity index (χ3n) is 5.06. The van der Waals surface area contributed by atoms with Crippen molar-refractivity contribution in [1.29, 1.82) is 0 Å². The number of benzene rings is 1. The molecule has 1 aromatic carbocycles. The molecule has 2 amide bonds. The van der Waals surface area contributed by atoms with E-state index in [1.807, 2.05) is 62.4 Å². The predicted molar refractivity (Wildman–Crippen MR) is 125 cm³/mol. The highest BCUT2D eigenvalue weighted by molar-refractivity contribution is 5.91. The molecular formula is C23H27N7O2. The maximum absolute atomic E-state index is 12.8. The predicted octanol–water partition coefficient (Wildman–Crippen LogP) is 3.68. The van der Waals surface area contributed by atoms with Crippen molar-refractivity contribution < 1.29 is 9.53 Å². The van der Waals surface area contributed by atoms with Gasteiger partial charge in [0.05, 0.1) is 12.3 Å². The second-order valence-corrected chi connectivity index (χ2v) is 7.33. The van der Waals surface area contributed by atoms with Gasteiger partial charge in [-0.15, -0.1) is 0 Å². The summed E-state index contributed by atoms with van der Waals surface area (Å²) in [4.78, 5) is 30.1. The van der Waals surface area contributed by atoms with Gasteiger partial charge in [0, 0.05) is 38.4 Å². The monoisotopic (exact) mass is 433 g/mol. The number of nitrogens with zero attached hydrogens (tertiary/aromatic N) is 5. The number of pyridine rings is 1. The molecule has 1 fully saturated rings. The van der Waals surface area contributed by atoms with E-state index >= 15 is 0 Å². The molecule has 32 heavy (non-hydrogen) atoms. The number of para-hydroxylation sites is 2. The largest absolute Gasteiger partial charge is 0.492 e. The summed E-state index contributed by atoms with van der Waals surface area (Å²) in [5.41, 5.74) is 0.679. The number of carbonyl (C=O) groups excluding carboxylic acids is 1. The van der Waals surface area contributed by atoms with Crippen molar-refractivity contribution >= 4 is 29.2 Å². The minimum atomic E-state index is -0.131. The third kappa shape index (κ3) is 5.23. The summed E-state index contributed by atoms with van der Waals surface area (Å²) in [6, 6.07) is 14.9. The van der Waals surface area contributed by atoms with Crippen molar-refractivity contribution in [3.8, 4) is 5.75 Å². The highest BCUT2D eigenvalue weighted by atomic mass is 16.5. The van der Waals surface area contributed by atoms with Crippen LogP contribution in [0.5, 0.6) is 5.75 Å². The van der Waals surface area contributed by atoms with Crippen LogP contribution in [-0.4, -0.2) is 58.7 Å². The van der Waals surface area contributed by atoms with E-state index in [9.17, 15) is 4.79 Å². The Bertz CT molecular complexity index is 1050. The second kappa shape index (κ2) is 9.95. The molecule has 1 aliphatic rings. The highest BCUT2D eigenvalue weighted by Gasteiger charge is 2.23. The zero-order valence-electron chi connectivity index (χ0n) is 18.3. The molecule has 1 aliphatic heterocycles. The van der Waals surface area contributed by atoms with E-state index in [1.165, 1.54) is 0 Å². The van der Waals surface area contributed by atoms with Gasteiger partial charge in [-0.3, -0.25) is 0 Å². The fourth-order valence-electron chi connectivity index (χ4n) is 3.53. The Morgan fingerprint density at radius 2 is 1.81 bits per heavy atom. The van der Waals surface area contributed by atoms with Crippen LogP contribution in [0.1, 0.15) is 12.7 Å². The number of hydrogen-bond donors (Lipinski definition) is 2. The molecule has 0 radical (unpaired) electrons. The summed E-state index contributed by atoms with van der Waals surface area (Å²) >= 11 is 0. The topological polar surface area (TPSA) is 95.5 Å². The van der Waals surface area contributed by atoms with Gasteiger partial charge in [-0.05, 0) is 38.1 Å². The zero-order chi connectivity index (χ0) is 22.3. The van der Waals surface area contributed by atoms with E-state index in [0.29, 0.717) is 55.9 Å². The Labute approximate surface area is 187 Å². The van der Waals surface area contributed by atoms with Crippen LogP contribution >= 0.6 is 0 Å². The Morgan fingerprint density at radius 3 is 2.56 bits per heavy atom. The number of carbonyl (C=O) groups is 1. The fraction of sp³-hybridized carbons (Fsp3) is 0.304. The van der Waals surface area contributed by atoms with Gasteiger partial charge in [0.15, 0.2) is 0 Å². The summed E-state index contributed by atoms with van der Waals surface area (Å²) in [7, 11) is 0. The van der Waals surface area contributed by atoms with Crippen LogP contribution < -0.4 is 20.3 Å². The first kappa shape index (κ1) is 21.4. The molecule has 9 nitrogen and oxygen atoms in total. The highest BCUT2D eigenvalue weighted by Crippen LogP contribution is 2.25. The number of hydrogen-bond acceptors (Lipinski definition) is 7.